The summed E-state index contributed by atoms with van der Waals surface area (Å²) in [4.78, 5) is 39.8. The van der Waals surface area contributed by atoms with E-state index >= 15 is 0 Å². The van der Waals surface area contributed by atoms with Crippen LogP contribution in [0.3, 0.4) is 0 Å². The van der Waals surface area contributed by atoms with E-state index in [1.165, 1.54) is 11.3 Å². The Morgan fingerprint density at radius 1 is 1.17 bits per heavy atom. The van der Waals surface area contributed by atoms with Gasteiger partial charge in [0.25, 0.3) is 11.5 Å². The zero-order chi connectivity index (χ0) is 20.8. The van der Waals surface area contributed by atoms with Gasteiger partial charge in [0.2, 0.25) is 0 Å². The number of aromatic amines is 1. The molecule has 7 heteroatoms. The maximum atomic E-state index is 13.6. The second kappa shape index (κ2) is 7.32. The van der Waals surface area contributed by atoms with Crippen LogP contribution in [0.4, 0.5) is 0 Å². The van der Waals surface area contributed by atoms with Crippen LogP contribution >= 0.6 is 11.3 Å². The fourth-order valence-electron chi connectivity index (χ4n) is 4.27. The van der Waals surface area contributed by atoms with Gasteiger partial charge in [-0.3, -0.25) is 14.6 Å². The maximum absolute atomic E-state index is 13.6. The number of carbonyl (C=O) groups is 1. The lowest BCUT2D eigenvalue weighted by Crippen LogP contribution is -2.30. The summed E-state index contributed by atoms with van der Waals surface area (Å²) in [5.41, 5.74) is 5.34. The monoisotopic (exact) mass is 418 g/mol. The summed E-state index contributed by atoms with van der Waals surface area (Å²) in [6.07, 6.45) is 3.95. The van der Waals surface area contributed by atoms with Crippen molar-refractivity contribution in [1.82, 2.24) is 19.9 Å². The Bertz CT molecular complexity index is 1350. The van der Waals surface area contributed by atoms with Gasteiger partial charge in [0.05, 0.1) is 23.1 Å². The summed E-state index contributed by atoms with van der Waals surface area (Å²) in [6, 6.07) is 7.92. The Morgan fingerprint density at radius 3 is 2.87 bits per heavy atom. The Hall–Kier alpha value is -3.06. The number of carbonyl (C=O) groups excluding carboxylic acids is 1. The van der Waals surface area contributed by atoms with Gasteiger partial charge in [-0.15, -0.1) is 11.3 Å². The highest BCUT2D eigenvalue weighted by atomic mass is 32.1. The molecule has 3 heterocycles. The number of thiophene rings is 1. The highest BCUT2D eigenvalue weighted by molar-refractivity contribution is 7.17. The molecule has 0 aliphatic heterocycles. The topological polar surface area (TPSA) is 79.0 Å². The predicted octanol–water partition coefficient (Wildman–Crippen LogP) is 3.99. The number of H-pyrrole nitrogens is 1. The summed E-state index contributed by atoms with van der Waals surface area (Å²) < 4.78 is 0.609. The third-order valence-corrected chi connectivity index (χ3v) is 6.63. The van der Waals surface area contributed by atoms with Crippen LogP contribution in [0.1, 0.15) is 45.8 Å². The van der Waals surface area contributed by atoms with Gasteiger partial charge in [-0.1, -0.05) is 11.6 Å². The minimum absolute atomic E-state index is 0.0563. The molecule has 1 aromatic carbocycles. The van der Waals surface area contributed by atoms with E-state index in [9.17, 15) is 9.59 Å². The van der Waals surface area contributed by atoms with E-state index in [0.29, 0.717) is 16.0 Å². The molecule has 1 aliphatic carbocycles. The predicted molar refractivity (Wildman–Crippen MR) is 119 cm³/mol. The van der Waals surface area contributed by atoms with Gasteiger partial charge in [0.15, 0.2) is 0 Å². The number of fused-ring (bicyclic) bond motifs is 3. The maximum Gasteiger partial charge on any atom is 0.268 e. The smallest absolute Gasteiger partial charge is 0.268 e. The summed E-state index contributed by atoms with van der Waals surface area (Å²) in [6.45, 7) is 2.27. The summed E-state index contributed by atoms with van der Waals surface area (Å²) in [7, 11) is 1.76. The van der Waals surface area contributed by atoms with Crippen LogP contribution in [-0.4, -0.2) is 32.8 Å². The van der Waals surface area contributed by atoms with Gasteiger partial charge in [-0.2, -0.15) is 0 Å². The van der Waals surface area contributed by atoms with Crippen molar-refractivity contribution in [3.8, 4) is 0 Å². The van der Waals surface area contributed by atoms with Crippen LogP contribution in [0.15, 0.2) is 34.4 Å². The van der Waals surface area contributed by atoms with E-state index in [4.69, 9.17) is 4.98 Å². The summed E-state index contributed by atoms with van der Waals surface area (Å²) in [5, 5.41) is 2.76. The molecular weight excluding hydrogens is 396 g/mol. The Balaban J connectivity index is 1.57. The zero-order valence-electron chi connectivity index (χ0n) is 17.0. The van der Waals surface area contributed by atoms with Crippen LogP contribution < -0.4 is 5.56 Å². The van der Waals surface area contributed by atoms with Crippen LogP contribution in [0.5, 0.6) is 0 Å². The van der Waals surface area contributed by atoms with Crippen molar-refractivity contribution in [2.24, 2.45) is 0 Å². The molecule has 1 N–H and O–H groups in total. The van der Waals surface area contributed by atoms with Crippen LogP contribution in [0.2, 0.25) is 0 Å². The van der Waals surface area contributed by atoms with E-state index in [2.05, 4.69) is 16.0 Å². The van der Waals surface area contributed by atoms with Gasteiger partial charge in [-0.25, -0.2) is 4.98 Å². The molecule has 30 heavy (non-hydrogen) atoms. The van der Waals surface area contributed by atoms with E-state index in [0.717, 1.165) is 59.0 Å². The van der Waals surface area contributed by atoms with E-state index in [-0.39, 0.29) is 18.0 Å². The number of amides is 1. The normalized spacial score (nSPS) is 13.5. The molecule has 0 fully saturated rings. The Labute approximate surface area is 177 Å². The van der Waals surface area contributed by atoms with Crippen molar-refractivity contribution in [2.75, 3.05) is 7.05 Å². The first-order chi connectivity index (χ1) is 14.5. The lowest BCUT2D eigenvalue weighted by Gasteiger charge is -2.24. The molecule has 4 aromatic rings. The highest BCUT2D eigenvalue weighted by Gasteiger charge is 2.25. The average Bonchev–Trinajstić information content (AvgIpc) is 3.21. The molecule has 3 aromatic heterocycles. The van der Waals surface area contributed by atoms with Gasteiger partial charge >= 0.3 is 0 Å². The third kappa shape index (κ3) is 3.19. The molecule has 0 unspecified atom stereocenters. The lowest BCUT2D eigenvalue weighted by molar-refractivity contribution is 0.0782. The first-order valence-electron chi connectivity index (χ1n) is 10.2. The number of pyridine rings is 1. The van der Waals surface area contributed by atoms with E-state index in [1.807, 2.05) is 30.5 Å². The molecule has 0 saturated heterocycles. The molecule has 1 amide bonds. The van der Waals surface area contributed by atoms with Crippen LogP contribution in [0, 0.1) is 6.92 Å². The first-order valence-corrected chi connectivity index (χ1v) is 11.0. The van der Waals surface area contributed by atoms with Crippen molar-refractivity contribution >= 4 is 38.4 Å². The van der Waals surface area contributed by atoms with Gasteiger partial charge in [-0.05, 0) is 61.7 Å². The van der Waals surface area contributed by atoms with Gasteiger partial charge in [0, 0.05) is 18.1 Å². The minimum Gasteiger partial charge on any atom is -0.334 e. The number of nitrogens with one attached hydrogen (secondary N) is 1. The molecule has 0 saturated carbocycles. The molecule has 0 radical (unpaired) electrons. The van der Waals surface area contributed by atoms with Crippen molar-refractivity contribution in [2.45, 2.75) is 39.2 Å². The van der Waals surface area contributed by atoms with E-state index in [1.54, 1.807) is 11.9 Å². The first kappa shape index (κ1) is 18.9. The number of benzene rings is 1. The molecule has 0 bridgehead atoms. The Morgan fingerprint density at radius 2 is 2.00 bits per heavy atom. The Kier molecular flexibility index (Phi) is 4.62. The van der Waals surface area contributed by atoms with Crippen molar-refractivity contribution in [3.63, 3.8) is 0 Å². The second-order valence-electron chi connectivity index (χ2n) is 7.95. The largest absolute Gasteiger partial charge is 0.334 e. The number of rotatable bonds is 3. The summed E-state index contributed by atoms with van der Waals surface area (Å²) in [5.74, 6) is 0.435. The van der Waals surface area contributed by atoms with Crippen molar-refractivity contribution in [1.29, 1.82) is 0 Å². The van der Waals surface area contributed by atoms with Gasteiger partial charge in [0.1, 0.15) is 10.5 Å². The fraction of sp³-hybridized carbons (Fsp3) is 0.304. The average molecular weight is 419 g/mol. The third-order valence-electron chi connectivity index (χ3n) is 5.73. The molecule has 0 atom stereocenters. The molecule has 5 rings (SSSR count). The fourth-order valence-corrected chi connectivity index (χ4v) is 4.99. The number of aromatic nitrogens is 3. The number of hydrogen-bond donors (Lipinski definition) is 1. The van der Waals surface area contributed by atoms with Crippen molar-refractivity contribution in [3.05, 3.63) is 68.2 Å². The molecule has 152 valence electrons. The van der Waals surface area contributed by atoms with E-state index < -0.39 is 0 Å². The molecule has 0 spiro atoms. The second-order valence-corrected chi connectivity index (χ2v) is 8.86. The van der Waals surface area contributed by atoms with Gasteiger partial charge < -0.3 is 9.88 Å². The molecule has 6 nitrogen and oxygen atoms in total. The van der Waals surface area contributed by atoms with Crippen molar-refractivity contribution < 1.29 is 4.79 Å². The van der Waals surface area contributed by atoms with Crippen LogP contribution in [0.25, 0.3) is 21.1 Å². The minimum atomic E-state index is -0.159. The summed E-state index contributed by atoms with van der Waals surface area (Å²) >= 11 is 1.37. The zero-order valence-corrected chi connectivity index (χ0v) is 17.8. The van der Waals surface area contributed by atoms with Crippen LogP contribution in [-0.2, 0) is 19.4 Å². The SMILES string of the molecule is Cc1ccc2nc3c(c(C(=O)N(C)Cc4nc5ccsc5c(=O)[nH]4)c2c1)CCCC3. The quantitative estimate of drug-likeness (QED) is 0.546. The number of aryl methyl sites for hydroxylation is 2. The number of hydrogen-bond acceptors (Lipinski definition) is 5. The molecular formula is C23H22N4O2S. The lowest BCUT2D eigenvalue weighted by atomic mass is 9.89. The highest BCUT2D eigenvalue weighted by Crippen LogP contribution is 2.31. The molecule has 1 aliphatic rings. The number of nitrogens with zero attached hydrogens (tertiary/aromatic N) is 3. The standard InChI is InChI=1S/C23H22N4O2S/c1-13-7-8-17-15(11-13)20(14-5-3-4-6-16(14)24-17)23(29)27(2)12-19-25-18-9-10-30-21(18)22(28)26-19/h7-11H,3-6,12H2,1-2H3,(H,25,26,28).